The van der Waals surface area contributed by atoms with Crippen LogP contribution in [0.4, 0.5) is 0 Å². The molecule has 3 spiro atoms. The quantitative estimate of drug-likeness (QED) is 0.0778. The number of benzene rings is 6. The van der Waals surface area contributed by atoms with Gasteiger partial charge in [0.2, 0.25) is 0 Å². The second kappa shape index (κ2) is 45.8. The minimum absolute atomic E-state index is 0.00823. The van der Waals surface area contributed by atoms with Crippen molar-refractivity contribution in [3.63, 3.8) is 0 Å². The van der Waals surface area contributed by atoms with Crippen molar-refractivity contribution in [3.05, 3.63) is 163 Å². The minimum atomic E-state index is -1.63. The van der Waals surface area contributed by atoms with Gasteiger partial charge in [0, 0.05) is 69.5 Å². The number of hydrogen-bond acceptors (Lipinski definition) is 21. The predicted octanol–water partition coefficient (Wildman–Crippen LogP) is 34.3. The Morgan fingerprint density at radius 1 is 0.288 bits per heavy atom. The summed E-state index contributed by atoms with van der Waals surface area (Å²) in [4.78, 5) is 0. The third kappa shape index (κ3) is 31.5. The molecule has 6 aliphatic heterocycles. The summed E-state index contributed by atoms with van der Waals surface area (Å²) in [5, 5.41) is 2.24. The van der Waals surface area contributed by atoms with Gasteiger partial charge in [-0.15, -0.1) is 0 Å². The van der Waals surface area contributed by atoms with Crippen LogP contribution in [0, 0.1) is 36.0 Å². The predicted molar refractivity (Wildman–Crippen MR) is 577 cm³/mol. The summed E-state index contributed by atoms with van der Waals surface area (Å²) in [5.74, 6) is 3.89. The molecular formula is C111H175O21P7. The first-order valence-corrected chi connectivity index (χ1v) is 57.5. The van der Waals surface area contributed by atoms with E-state index in [1.807, 2.05) is 0 Å². The number of hydrogen-bond donors (Lipinski definition) is 0. The minimum Gasteiger partial charge on any atom is -0.426 e. The van der Waals surface area contributed by atoms with Crippen LogP contribution in [-0.2, 0) is 128 Å². The van der Waals surface area contributed by atoms with E-state index in [-0.39, 0.29) is 75.8 Å². The van der Waals surface area contributed by atoms with Gasteiger partial charge in [0.25, 0.3) is 0 Å². The summed E-state index contributed by atoms with van der Waals surface area (Å²) in [6.07, 6.45) is 4.70. The first-order valence-electron chi connectivity index (χ1n) is 49.9. The molecular weight excluding hydrogens is 1890 g/mol. The normalized spacial score (nSPS) is 23.2. The summed E-state index contributed by atoms with van der Waals surface area (Å²) in [6.45, 7) is 95.7. The van der Waals surface area contributed by atoms with Crippen molar-refractivity contribution in [3.8, 4) is 23.0 Å². The van der Waals surface area contributed by atoms with E-state index in [2.05, 4.69) is 362 Å². The van der Waals surface area contributed by atoms with Crippen molar-refractivity contribution < 1.29 is 94.3 Å². The van der Waals surface area contributed by atoms with Crippen LogP contribution >= 0.6 is 59.9 Å². The van der Waals surface area contributed by atoms with E-state index in [1.165, 1.54) is 86.0 Å². The molecule has 28 heteroatoms. The van der Waals surface area contributed by atoms with Gasteiger partial charge in [-0.3, -0.25) is 4.52 Å². The molecule has 7 heterocycles. The average molecular weight is 2060 g/mol. The average Bonchev–Trinajstić information content (AvgIpc) is 1.61. The summed E-state index contributed by atoms with van der Waals surface area (Å²) in [6, 6.07) is 31.2. The SMILES string of the molecule is CC(C)(C)c1ccc(OP2OCC3(CO2)COP(Oc2ccc(C(C)(C)C)cc2C(C)(C)C)OC3)c(C(C)(C)C)c1.CCCCC(CC)COp1oc2c(C(C)(C)C)cc(C(C)(C)C)cc2c2cc(C(C)(C)C)cc(C(C)(C)C)c2o1.COP1OCC2(CO1)COP(OC)OC2.Cc1cc(C(C)(C)C)c(OP2OCC3(CO2)COP(Oc2c(C(C)(C)C)cc(C)cc2C(C)(C)C)OC3)c(C(C)(C)C)c1. The highest BCUT2D eigenvalue weighted by Crippen LogP contribution is 2.61. The van der Waals surface area contributed by atoms with E-state index < -0.39 is 65.3 Å². The van der Waals surface area contributed by atoms with Gasteiger partial charge in [-0.1, -0.05) is 354 Å². The summed E-state index contributed by atoms with van der Waals surface area (Å²) < 4.78 is 127. The largest absolute Gasteiger partial charge is 0.426 e. The topological polar surface area (TPSA) is 202 Å². The van der Waals surface area contributed by atoms with Gasteiger partial charge in [-0.25, -0.2) is 0 Å². The van der Waals surface area contributed by atoms with E-state index in [1.54, 1.807) is 14.2 Å². The van der Waals surface area contributed by atoms with Crippen LogP contribution in [0.3, 0.4) is 0 Å². The number of fused-ring (bicyclic) bond motifs is 3. The maximum absolute atomic E-state index is 6.88. The van der Waals surface area contributed by atoms with Gasteiger partial charge >= 0.3 is 59.9 Å². The molecule has 6 saturated heterocycles. The molecule has 6 aromatic carbocycles. The molecule has 0 amide bonds. The Hall–Kier alpha value is -3.60. The lowest BCUT2D eigenvalue weighted by molar-refractivity contribution is -0.0729. The second-order valence-corrected chi connectivity index (χ2v) is 59.9. The van der Waals surface area contributed by atoms with Gasteiger partial charge in [-0.05, 0) is 138 Å². The lowest BCUT2D eigenvalue weighted by Crippen LogP contribution is -2.45. The first kappa shape index (κ1) is 117. The molecule has 13 rings (SSSR count). The molecule has 0 radical (unpaired) electrons. The van der Waals surface area contributed by atoms with Gasteiger partial charge in [-0.2, -0.15) is 0 Å². The molecule has 0 saturated carbocycles. The molecule has 780 valence electrons. The fourth-order valence-corrected chi connectivity index (χ4v) is 24.7. The first-order chi connectivity index (χ1) is 63.9. The highest BCUT2D eigenvalue weighted by molar-refractivity contribution is 7.43. The molecule has 6 fully saturated rings. The van der Waals surface area contributed by atoms with Crippen molar-refractivity contribution in [2.75, 3.05) is 100 Å². The summed E-state index contributed by atoms with van der Waals surface area (Å²) in [5.41, 5.74) is 17.2. The molecule has 0 aliphatic carbocycles. The van der Waals surface area contributed by atoms with Gasteiger partial charge < -0.3 is 89.8 Å². The van der Waals surface area contributed by atoms with E-state index in [9.17, 15) is 0 Å². The van der Waals surface area contributed by atoms with Crippen LogP contribution in [0.25, 0.3) is 21.9 Å². The Morgan fingerprint density at radius 3 is 0.763 bits per heavy atom. The zero-order valence-electron chi connectivity index (χ0n) is 92.9. The van der Waals surface area contributed by atoms with Crippen LogP contribution in [0.5, 0.6) is 23.0 Å². The molecule has 0 bridgehead atoms. The summed E-state index contributed by atoms with van der Waals surface area (Å²) >= 11 is 0. The van der Waals surface area contributed by atoms with E-state index >= 15 is 0 Å². The number of unbranched alkanes of at least 4 members (excludes halogenated alkanes) is 1. The molecule has 6 aliphatic rings. The van der Waals surface area contributed by atoms with Crippen LogP contribution < -0.4 is 22.6 Å². The van der Waals surface area contributed by atoms with Crippen LogP contribution in [0.2, 0.25) is 0 Å². The number of aryl methyl sites for hydroxylation is 2. The molecule has 21 nitrogen and oxygen atoms in total. The van der Waals surface area contributed by atoms with Crippen molar-refractivity contribution >= 4 is 81.8 Å². The highest BCUT2D eigenvalue weighted by Gasteiger charge is 2.50. The lowest BCUT2D eigenvalue weighted by Gasteiger charge is -2.42. The zero-order valence-corrected chi connectivity index (χ0v) is 99.1. The van der Waals surface area contributed by atoms with Gasteiger partial charge in [0.15, 0.2) is 0 Å². The Labute approximate surface area is 846 Å². The van der Waals surface area contributed by atoms with Gasteiger partial charge in [0.1, 0.15) is 34.2 Å². The molecule has 1 unspecified atom stereocenters. The third-order valence-corrected chi connectivity index (χ3v) is 32.9. The highest BCUT2D eigenvalue weighted by atomic mass is 31.2. The Bertz CT molecular complexity index is 4850. The second-order valence-electron chi connectivity index (χ2n) is 51.6. The van der Waals surface area contributed by atoms with Crippen molar-refractivity contribution in [1.29, 1.82) is 0 Å². The molecule has 1 atom stereocenters. The van der Waals surface area contributed by atoms with Crippen molar-refractivity contribution in [2.45, 2.75) is 368 Å². The fraction of sp³-hybridized carbons (Fsp3) is 0.676. The standard InChI is InChI=1S/C36H57O3P.C35H54O6P2.C33H50O6P2.C7H14O6P2/c1-15-17-18-24(16-2)23-37-40-38-31-27(19-25(33(3,4)5)21-29(31)35(9,10)11)28-20-26(34(6,7)8)22-30(32(28)39-40)36(12,13)14;1-23-15-25(31(3,4)5)29(26(16-23)32(6,7)8)40-42-36-19-35(20-37-42)21-38-43(39-22-35)41-30-27(33(9,10)11)17-24(2)18-28(30)34(12,13)14;1-29(2,3)23-13-15-27(25(17-23)31(7,8)9)38-40-34-19-33(20-35-40)21-36-41(37-22-33)39-28-16-14-24(30(4,5)6)18-26(28)32(10,11)12;1-8-14-10-3-7(4-11-14)5-12-15(9-2)13-6-7/h19-22,24H,15-18,23H2,1-14H3;15-18H,19-22H2,1-14H3;13-18H,19-22H2,1-12H3;3-6H2,1-2H3. The summed E-state index contributed by atoms with van der Waals surface area (Å²) in [7, 11) is -6.99. The fourth-order valence-electron chi connectivity index (χ4n) is 16.4. The maximum Gasteiger partial charge on any atom is 0.397 e. The monoisotopic (exact) mass is 2060 g/mol. The molecule has 7 aromatic rings. The Balaban J connectivity index is 0.000000199. The van der Waals surface area contributed by atoms with Crippen LogP contribution in [0.1, 0.15) is 367 Å². The zero-order chi connectivity index (χ0) is 104. The third-order valence-electron chi connectivity index (χ3n) is 25.8. The van der Waals surface area contributed by atoms with Crippen molar-refractivity contribution in [1.82, 2.24) is 0 Å². The van der Waals surface area contributed by atoms with E-state index in [0.717, 1.165) is 62.5 Å². The number of rotatable bonds is 17. The van der Waals surface area contributed by atoms with E-state index in [0.29, 0.717) is 91.8 Å². The lowest BCUT2D eigenvalue weighted by atomic mass is 9.77. The maximum atomic E-state index is 6.88. The molecule has 139 heavy (non-hydrogen) atoms. The van der Waals surface area contributed by atoms with Crippen LogP contribution in [0.15, 0.2) is 93.3 Å². The molecule has 1 aromatic heterocycles. The smallest absolute Gasteiger partial charge is 0.397 e. The Kier molecular flexibility index (Phi) is 38.7. The van der Waals surface area contributed by atoms with Crippen molar-refractivity contribution in [2.24, 2.45) is 22.2 Å². The molecule has 0 N–H and O–H groups in total. The Morgan fingerprint density at radius 2 is 0.532 bits per heavy atom. The van der Waals surface area contributed by atoms with Crippen LogP contribution in [-0.4, -0.2) is 100 Å². The van der Waals surface area contributed by atoms with Gasteiger partial charge in [0.05, 0.1) is 102 Å². The van der Waals surface area contributed by atoms with E-state index in [4.69, 9.17) is 94.3 Å².